The van der Waals surface area contributed by atoms with E-state index in [4.69, 9.17) is 5.73 Å². The molecule has 2 aromatic carbocycles. The second-order valence-electron chi connectivity index (χ2n) is 3.26. The summed E-state index contributed by atoms with van der Waals surface area (Å²) in [4.78, 5) is 0. The molecule has 2 rings (SSSR count). The Kier molecular flexibility index (Phi) is 2.29. The summed E-state index contributed by atoms with van der Waals surface area (Å²) < 4.78 is 13.0. The number of benzene rings is 2. The summed E-state index contributed by atoms with van der Waals surface area (Å²) in [6, 6.07) is 11.7. The second kappa shape index (κ2) is 3.61. The number of rotatable bonds is 1. The average Bonchev–Trinajstić information content (AvgIpc) is 2.25. The zero-order chi connectivity index (χ0) is 10.8. The summed E-state index contributed by atoms with van der Waals surface area (Å²) in [6.07, 6.45) is 0. The summed E-state index contributed by atoms with van der Waals surface area (Å²) in [7, 11) is 0. The molecule has 0 atom stereocenters. The Bertz CT molecular complexity index is 482. The lowest BCUT2D eigenvalue weighted by atomic mass is 10.0. The van der Waals surface area contributed by atoms with Gasteiger partial charge < -0.3 is 10.8 Å². The van der Waals surface area contributed by atoms with Crippen LogP contribution in [-0.2, 0) is 0 Å². The topological polar surface area (TPSA) is 46.2 Å². The number of nitrogen functional groups attached to an aromatic ring is 1. The van der Waals surface area contributed by atoms with Crippen LogP contribution in [0.15, 0.2) is 42.5 Å². The normalized spacial score (nSPS) is 10.2. The largest absolute Gasteiger partial charge is 0.507 e. The summed E-state index contributed by atoms with van der Waals surface area (Å²) in [5, 5.41) is 9.57. The third-order valence-electron chi connectivity index (χ3n) is 2.20. The maximum Gasteiger partial charge on any atom is 0.149 e. The molecule has 0 amide bonds. The summed E-state index contributed by atoms with van der Waals surface area (Å²) >= 11 is 0. The van der Waals surface area contributed by atoms with Gasteiger partial charge in [0.05, 0.1) is 5.69 Å². The SMILES string of the molecule is Nc1cc(-c2ccccc2)c(O)cc1F. The number of halogens is 1. The molecule has 0 saturated heterocycles. The van der Waals surface area contributed by atoms with E-state index in [0.717, 1.165) is 11.6 Å². The minimum atomic E-state index is -0.604. The van der Waals surface area contributed by atoms with E-state index in [2.05, 4.69) is 0 Å². The van der Waals surface area contributed by atoms with Crippen molar-refractivity contribution in [2.24, 2.45) is 0 Å². The molecule has 2 aromatic rings. The minimum Gasteiger partial charge on any atom is -0.507 e. The predicted octanol–water partition coefficient (Wildman–Crippen LogP) is 2.78. The maximum atomic E-state index is 13.0. The van der Waals surface area contributed by atoms with Crippen molar-refractivity contribution in [3.63, 3.8) is 0 Å². The van der Waals surface area contributed by atoms with Gasteiger partial charge in [-0.15, -0.1) is 0 Å². The molecule has 3 N–H and O–H groups in total. The van der Waals surface area contributed by atoms with Crippen molar-refractivity contribution in [1.82, 2.24) is 0 Å². The van der Waals surface area contributed by atoms with Crippen molar-refractivity contribution in [1.29, 1.82) is 0 Å². The average molecular weight is 203 g/mol. The Hall–Kier alpha value is -2.03. The standard InChI is InChI=1S/C12H10FNO/c13-10-7-12(15)9(6-11(10)14)8-4-2-1-3-5-8/h1-7,15H,14H2. The van der Waals surface area contributed by atoms with Gasteiger partial charge in [-0.2, -0.15) is 0 Å². The molecular formula is C12H10FNO. The van der Waals surface area contributed by atoms with Crippen LogP contribution in [0, 0.1) is 5.82 Å². The third-order valence-corrected chi connectivity index (χ3v) is 2.20. The van der Waals surface area contributed by atoms with Gasteiger partial charge in [0.1, 0.15) is 11.6 Å². The highest BCUT2D eigenvalue weighted by Gasteiger charge is 2.08. The van der Waals surface area contributed by atoms with Crippen molar-refractivity contribution >= 4 is 5.69 Å². The number of hydrogen-bond donors (Lipinski definition) is 2. The van der Waals surface area contributed by atoms with E-state index in [1.165, 1.54) is 6.07 Å². The molecule has 3 heteroatoms. The zero-order valence-electron chi connectivity index (χ0n) is 7.94. The molecule has 0 aliphatic carbocycles. The van der Waals surface area contributed by atoms with Crippen LogP contribution in [0.5, 0.6) is 5.75 Å². The molecule has 15 heavy (non-hydrogen) atoms. The molecule has 0 spiro atoms. The highest BCUT2D eigenvalue weighted by Crippen LogP contribution is 2.32. The van der Waals surface area contributed by atoms with Gasteiger partial charge >= 0.3 is 0 Å². The number of anilines is 1. The fourth-order valence-electron chi connectivity index (χ4n) is 1.43. The van der Waals surface area contributed by atoms with E-state index < -0.39 is 5.82 Å². The van der Waals surface area contributed by atoms with E-state index in [1.807, 2.05) is 30.3 Å². The van der Waals surface area contributed by atoms with Gasteiger partial charge in [-0.3, -0.25) is 0 Å². The fraction of sp³-hybridized carbons (Fsp3) is 0. The van der Waals surface area contributed by atoms with Crippen LogP contribution in [0.4, 0.5) is 10.1 Å². The summed E-state index contributed by atoms with van der Waals surface area (Å²) in [5.41, 5.74) is 6.82. The number of hydrogen-bond acceptors (Lipinski definition) is 2. The molecule has 0 fully saturated rings. The Labute approximate surface area is 86.8 Å². The molecule has 76 valence electrons. The Morgan fingerprint density at radius 3 is 2.40 bits per heavy atom. The van der Waals surface area contributed by atoms with Crippen LogP contribution in [0.2, 0.25) is 0 Å². The van der Waals surface area contributed by atoms with Gasteiger partial charge in [0, 0.05) is 11.6 Å². The maximum absolute atomic E-state index is 13.0. The predicted molar refractivity (Wildman–Crippen MR) is 57.9 cm³/mol. The quantitative estimate of drug-likeness (QED) is 0.553. The third kappa shape index (κ3) is 1.76. The molecule has 0 bridgehead atoms. The molecule has 0 aliphatic heterocycles. The number of aromatic hydroxyl groups is 1. The van der Waals surface area contributed by atoms with Crippen LogP contribution in [0.3, 0.4) is 0 Å². The van der Waals surface area contributed by atoms with Gasteiger partial charge in [0.15, 0.2) is 0 Å². The Balaban J connectivity index is 2.59. The first-order chi connectivity index (χ1) is 7.18. The fourth-order valence-corrected chi connectivity index (χ4v) is 1.43. The Morgan fingerprint density at radius 1 is 1.07 bits per heavy atom. The van der Waals surface area contributed by atoms with Crippen molar-refractivity contribution in [2.45, 2.75) is 0 Å². The zero-order valence-corrected chi connectivity index (χ0v) is 7.94. The number of phenolic OH excluding ortho intramolecular Hbond substituents is 1. The first kappa shape index (κ1) is 9.52. The van der Waals surface area contributed by atoms with Gasteiger partial charge in [-0.1, -0.05) is 30.3 Å². The van der Waals surface area contributed by atoms with Crippen LogP contribution in [-0.4, -0.2) is 5.11 Å². The van der Waals surface area contributed by atoms with Crippen LogP contribution >= 0.6 is 0 Å². The number of phenols is 1. The van der Waals surface area contributed by atoms with E-state index in [-0.39, 0.29) is 11.4 Å². The molecule has 0 radical (unpaired) electrons. The monoisotopic (exact) mass is 203 g/mol. The highest BCUT2D eigenvalue weighted by molar-refractivity contribution is 5.73. The molecular weight excluding hydrogens is 193 g/mol. The lowest BCUT2D eigenvalue weighted by Gasteiger charge is -2.06. The van der Waals surface area contributed by atoms with Gasteiger partial charge in [0.25, 0.3) is 0 Å². The molecule has 2 nitrogen and oxygen atoms in total. The first-order valence-electron chi connectivity index (χ1n) is 4.52. The van der Waals surface area contributed by atoms with Crippen molar-refractivity contribution < 1.29 is 9.50 Å². The van der Waals surface area contributed by atoms with E-state index in [1.54, 1.807) is 0 Å². The molecule has 0 aliphatic rings. The Morgan fingerprint density at radius 2 is 1.73 bits per heavy atom. The molecule has 0 saturated carbocycles. The number of nitrogens with two attached hydrogens (primary N) is 1. The van der Waals surface area contributed by atoms with Gasteiger partial charge in [-0.25, -0.2) is 4.39 Å². The van der Waals surface area contributed by atoms with Gasteiger partial charge in [0.2, 0.25) is 0 Å². The molecule has 0 aromatic heterocycles. The minimum absolute atomic E-state index is 0.0339. The summed E-state index contributed by atoms with van der Waals surface area (Å²) in [6.45, 7) is 0. The highest BCUT2D eigenvalue weighted by atomic mass is 19.1. The molecule has 0 unspecified atom stereocenters. The van der Waals surface area contributed by atoms with Gasteiger partial charge in [-0.05, 0) is 11.6 Å². The van der Waals surface area contributed by atoms with Crippen molar-refractivity contribution in [3.05, 3.63) is 48.3 Å². The molecule has 0 heterocycles. The summed E-state index contributed by atoms with van der Waals surface area (Å²) in [5.74, 6) is -0.708. The van der Waals surface area contributed by atoms with Crippen LogP contribution in [0.25, 0.3) is 11.1 Å². The van der Waals surface area contributed by atoms with E-state index >= 15 is 0 Å². The van der Waals surface area contributed by atoms with E-state index in [0.29, 0.717) is 5.56 Å². The lowest BCUT2D eigenvalue weighted by molar-refractivity contribution is 0.471. The van der Waals surface area contributed by atoms with Crippen molar-refractivity contribution in [2.75, 3.05) is 5.73 Å². The van der Waals surface area contributed by atoms with Crippen molar-refractivity contribution in [3.8, 4) is 16.9 Å². The smallest absolute Gasteiger partial charge is 0.149 e. The van der Waals surface area contributed by atoms with Crippen LogP contribution < -0.4 is 5.73 Å². The first-order valence-corrected chi connectivity index (χ1v) is 4.52. The van der Waals surface area contributed by atoms with Crippen LogP contribution in [0.1, 0.15) is 0 Å². The lowest BCUT2D eigenvalue weighted by Crippen LogP contribution is -1.91. The van der Waals surface area contributed by atoms with E-state index in [9.17, 15) is 9.50 Å². The second-order valence-corrected chi connectivity index (χ2v) is 3.26.